The summed E-state index contributed by atoms with van der Waals surface area (Å²) >= 11 is 6.40. The first-order valence-corrected chi connectivity index (χ1v) is 8.22. The van der Waals surface area contributed by atoms with Gasteiger partial charge in [0.2, 0.25) is 6.79 Å². The van der Waals surface area contributed by atoms with E-state index in [4.69, 9.17) is 21.1 Å². The van der Waals surface area contributed by atoms with Crippen LogP contribution >= 0.6 is 11.6 Å². The largest absolute Gasteiger partial charge is 0.454 e. The Balaban J connectivity index is 1.51. The van der Waals surface area contributed by atoms with Gasteiger partial charge in [-0.05, 0) is 25.0 Å². The zero-order chi connectivity index (χ0) is 15.3. The number of hydrogen-bond acceptors (Lipinski definition) is 5. The zero-order valence-corrected chi connectivity index (χ0v) is 13.4. The van der Waals surface area contributed by atoms with Crippen LogP contribution in [-0.2, 0) is 6.54 Å². The fraction of sp³-hybridized carbons (Fsp3) is 0.625. The maximum absolute atomic E-state index is 9.86. The van der Waals surface area contributed by atoms with Gasteiger partial charge in [-0.2, -0.15) is 0 Å². The van der Waals surface area contributed by atoms with Crippen molar-refractivity contribution in [3.63, 3.8) is 0 Å². The van der Waals surface area contributed by atoms with Gasteiger partial charge in [0.1, 0.15) is 0 Å². The molecule has 6 heteroatoms. The maximum atomic E-state index is 9.86. The molecule has 1 aromatic carbocycles. The van der Waals surface area contributed by atoms with Crippen LogP contribution in [0.15, 0.2) is 12.1 Å². The van der Waals surface area contributed by atoms with Crippen LogP contribution in [0.3, 0.4) is 0 Å². The Morgan fingerprint density at radius 2 is 2.00 bits per heavy atom. The second-order valence-electron chi connectivity index (χ2n) is 6.57. The van der Waals surface area contributed by atoms with E-state index in [1.807, 2.05) is 12.1 Å². The number of ether oxygens (including phenoxy) is 2. The number of piperazine rings is 1. The number of aliphatic hydroxyl groups excluding tert-OH is 1. The minimum atomic E-state index is -0.175. The molecule has 22 heavy (non-hydrogen) atoms. The number of halogens is 1. The molecule has 0 bridgehead atoms. The van der Waals surface area contributed by atoms with Crippen LogP contribution in [0.2, 0.25) is 5.02 Å². The smallest absolute Gasteiger partial charge is 0.231 e. The summed E-state index contributed by atoms with van der Waals surface area (Å²) in [5.41, 5.74) is 1.07. The van der Waals surface area contributed by atoms with Crippen molar-refractivity contribution in [1.29, 1.82) is 0 Å². The molecule has 5 nitrogen and oxygen atoms in total. The molecule has 0 amide bonds. The van der Waals surface area contributed by atoms with Gasteiger partial charge in [-0.25, -0.2) is 0 Å². The lowest BCUT2D eigenvalue weighted by Gasteiger charge is -2.42. The molecule has 3 aliphatic heterocycles. The van der Waals surface area contributed by atoms with Crippen molar-refractivity contribution >= 4 is 11.6 Å². The molecule has 3 aliphatic rings. The highest BCUT2D eigenvalue weighted by Crippen LogP contribution is 2.37. The Morgan fingerprint density at radius 1 is 1.23 bits per heavy atom. The number of rotatable bonds is 2. The van der Waals surface area contributed by atoms with E-state index in [1.165, 1.54) is 0 Å². The molecule has 0 spiro atoms. The van der Waals surface area contributed by atoms with Gasteiger partial charge in [-0.1, -0.05) is 11.6 Å². The van der Waals surface area contributed by atoms with E-state index in [9.17, 15) is 5.11 Å². The van der Waals surface area contributed by atoms with Crippen molar-refractivity contribution in [2.24, 2.45) is 0 Å². The van der Waals surface area contributed by atoms with Crippen LogP contribution < -0.4 is 9.47 Å². The highest BCUT2D eigenvalue weighted by molar-refractivity contribution is 6.31. The summed E-state index contributed by atoms with van der Waals surface area (Å²) in [6.45, 7) is 6.10. The van der Waals surface area contributed by atoms with Crippen molar-refractivity contribution < 1.29 is 14.6 Å². The second-order valence-corrected chi connectivity index (χ2v) is 6.98. The predicted octanol–water partition coefficient (Wildman–Crippen LogP) is 1.71. The lowest BCUT2D eigenvalue weighted by Crippen LogP contribution is -2.54. The van der Waals surface area contributed by atoms with E-state index in [-0.39, 0.29) is 12.9 Å². The van der Waals surface area contributed by atoms with Gasteiger partial charge >= 0.3 is 0 Å². The molecule has 3 heterocycles. The molecule has 2 fully saturated rings. The van der Waals surface area contributed by atoms with Crippen LogP contribution in [0.1, 0.15) is 18.9 Å². The van der Waals surface area contributed by atoms with E-state index in [2.05, 4.69) is 16.7 Å². The van der Waals surface area contributed by atoms with Crippen molar-refractivity contribution in [3.05, 3.63) is 22.7 Å². The summed E-state index contributed by atoms with van der Waals surface area (Å²) < 4.78 is 10.8. The van der Waals surface area contributed by atoms with Crippen LogP contribution in [-0.4, -0.2) is 59.5 Å². The van der Waals surface area contributed by atoms with Gasteiger partial charge < -0.3 is 14.6 Å². The van der Waals surface area contributed by atoms with Gasteiger partial charge in [0.05, 0.1) is 6.10 Å². The minimum absolute atomic E-state index is 0.175. The summed E-state index contributed by atoms with van der Waals surface area (Å²) in [6, 6.07) is 4.74. The van der Waals surface area contributed by atoms with E-state index in [0.29, 0.717) is 12.1 Å². The first-order valence-electron chi connectivity index (χ1n) is 7.84. The Bertz CT molecular complexity index is 583. The number of nitrogens with zero attached hydrogens (tertiary/aromatic N) is 2. The third kappa shape index (κ3) is 2.56. The van der Waals surface area contributed by atoms with Gasteiger partial charge in [-0.3, -0.25) is 9.80 Å². The summed E-state index contributed by atoms with van der Waals surface area (Å²) in [5.74, 6) is 1.51. The molecule has 0 aromatic heterocycles. The number of fused-ring (bicyclic) bond motifs is 2. The fourth-order valence-corrected chi connectivity index (χ4v) is 4.01. The summed E-state index contributed by atoms with van der Waals surface area (Å²) in [4.78, 5) is 4.86. The van der Waals surface area contributed by atoms with Gasteiger partial charge in [-0.15, -0.1) is 0 Å². The molecule has 2 saturated heterocycles. The Labute approximate surface area is 135 Å². The van der Waals surface area contributed by atoms with E-state index in [0.717, 1.165) is 54.7 Å². The lowest BCUT2D eigenvalue weighted by molar-refractivity contribution is 0.0528. The highest BCUT2D eigenvalue weighted by atomic mass is 35.5. The Morgan fingerprint density at radius 3 is 2.82 bits per heavy atom. The zero-order valence-electron chi connectivity index (χ0n) is 12.7. The SMILES string of the molecule is C[C@@H]1CN2C[C@H](O)C[C@H]2CN1Cc1cc2c(cc1Cl)OCO2. The molecule has 0 radical (unpaired) electrons. The van der Waals surface area contributed by atoms with Crippen molar-refractivity contribution in [2.45, 2.75) is 38.1 Å². The molecule has 1 aromatic rings. The molecule has 3 atom stereocenters. The van der Waals surface area contributed by atoms with Crippen molar-refractivity contribution in [1.82, 2.24) is 9.80 Å². The van der Waals surface area contributed by atoms with Gasteiger partial charge in [0.25, 0.3) is 0 Å². The summed E-state index contributed by atoms with van der Waals surface area (Å²) in [7, 11) is 0. The number of aliphatic hydroxyl groups is 1. The van der Waals surface area contributed by atoms with E-state index >= 15 is 0 Å². The third-order valence-electron chi connectivity index (χ3n) is 4.99. The van der Waals surface area contributed by atoms with Gasteiger partial charge in [0.15, 0.2) is 11.5 Å². The van der Waals surface area contributed by atoms with Crippen LogP contribution in [0.4, 0.5) is 0 Å². The number of benzene rings is 1. The molecular weight excluding hydrogens is 304 g/mol. The standard InChI is InChI=1S/C16H21ClN2O3/c1-10-5-19-8-13(20)3-12(19)7-18(10)6-11-2-15-16(4-14(11)17)22-9-21-15/h2,4,10,12-13,20H,3,5-9H2,1H3/t10-,12+,13-/m1/s1. The first kappa shape index (κ1) is 14.6. The monoisotopic (exact) mass is 324 g/mol. The number of hydrogen-bond donors (Lipinski definition) is 1. The fourth-order valence-electron chi connectivity index (χ4n) is 3.80. The first-order chi connectivity index (χ1) is 10.6. The molecule has 0 saturated carbocycles. The normalized spacial score (nSPS) is 31.5. The highest BCUT2D eigenvalue weighted by Gasteiger charge is 2.38. The average Bonchev–Trinajstić information content (AvgIpc) is 3.04. The van der Waals surface area contributed by atoms with E-state index in [1.54, 1.807) is 0 Å². The average molecular weight is 325 g/mol. The molecule has 120 valence electrons. The topological polar surface area (TPSA) is 45.2 Å². The van der Waals surface area contributed by atoms with E-state index < -0.39 is 0 Å². The summed E-state index contributed by atoms with van der Waals surface area (Å²) in [5, 5.41) is 10.6. The quantitative estimate of drug-likeness (QED) is 0.897. The second kappa shape index (κ2) is 5.57. The van der Waals surface area contributed by atoms with Crippen LogP contribution in [0.25, 0.3) is 0 Å². The minimum Gasteiger partial charge on any atom is -0.454 e. The van der Waals surface area contributed by atoms with Crippen molar-refractivity contribution in [2.75, 3.05) is 26.4 Å². The molecule has 0 unspecified atom stereocenters. The Hall–Kier alpha value is -1.01. The molecule has 1 N–H and O–H groups in total. The summed E-state index contributed by atoms with van der Waals surface area (Å²) in [6.07, 6.45) is 0.698. The maximum Gasteiger partial charge on any atom is 0.231 e. The van der Waals surface area contributed by atoms with Crippen LogP contribution in [0, 0.1) is 0 Å². The lowest BCUT2D eigenvalue weighted by atomic mass is 10.1. The van der Waals surface area contributed by atoms with Crippen molar-refractivity contribution in [3.8, 4) is 11.5 Å². The van der Waals surface area contributed by atoms with Crippen LogP contribution in [0.5, 0.6) is 11.5 Å². The third-order valence-corrected chi connectivity index (χ3v) is 5.34. The van der Waals surface area contributed by atoms with Gasteiger partial charge in [0, 0.05) is 49.4 Å². The predicted molar refractivity (Wildman–Crippen MR) is 83.4 cm³/mol. The molecule has 0 aliphatic carbocycles. The molecular formula is C16H21ClN2O3. The molecule has 4 rings (SSSR count). The Kier molecular flexibility index (Phi) is 3.69.